The summed E-state index contributed by atoms with van der Waals surface area (Å²) in [6.07, 6.45) is 5.35. The van der Waals surface area contributed by atoms with Gasteiger partial charge in [-0.3, -0.25) is 9.59 Å². The van der Waals surface area contributed by atoms with Gasteiger partial charge in [-0.15, -0.1) is 0 Å². The molecule has 0 saturated heterocycles. The lowest BCUT2D eigenvalue weighted by molar-refractivity contribution is 0.0938. The number of benzene rings is 3. The van der Waals surface area contributed by atoms with Crippen molar-refractivity contribution in [3.8, 4) is 17.2 Å². The first-order valence-electron chi connectivity index (χ1n) is 10.1. The van der Waals surface area contributed by atoms with Crippen LogP contribution in [0.25, 0.3) is 5.69 Å². The first-order valence-corrected chi connectivity index (χ1v) is 10.1. The lowest BCUT2D eigenvalue weighted by Gasteiger charge is -2.15. The van der Waals surface area contributed by atoms with Gasteiger partial charge in [-0.05, 0) is 73.2 Å². The maximum atomic E-state index is 12.6. The highest BCUT2D eigenvalue weighted by molar-refractivity contribution is 5.94. The minimum absolute atomic E-state index is 0.154. The zero-order valence-corrected chi connectivity index (χ0v) is 17.4. The number of primary amides is 1. The molecule has 0 aliphatic rings. The number of amides is 2. The van der Waals surface area contributed by atoms with Crippen LogP contribution in [-0.4, -0.2) is 21.4 Å². The molecule has 4 rings (SSSR count). The van der Waals surface area contributed by atoms with Crippen LogP contribution in [0.1, 0.15) is 39.2 Å². The van der Waals surface area contributed by atoms with Gasteiger partial charge in [0.05, 0.1) is 12.4 Å². The van der Waals surface area contributed by atoms with Crippen LogP contribution in [0.5, 0.6) is 11.5 Å². The van der Waals surface area contributed by atoms with E-state index in [1.54, 1.807) is 61.1 Å². The van der Waals surface area contributed by atoms with Crippen molar-refractivity contribution in [3.05, 3.63) is 108 Å². The molecule has 1 atom stereocenters. The van der Waals surface area contributed by atoms with Gasteiger partial charge in [0.1, 0.15) is 11.5 Å². The molecule has 1 heterocycles. The molecule has 0 aliphatic heterocycles. The molecule has 0 fully saturated rings. The van der Waals surface area contributed by atoms with Crippen LogP contribution in [0.4, 0.5) is 0 Å². The van der Waals surface area contributed by atoms with Crippen LogP contribution in [0.15, 0.2) is 91.5 Å². The van der Waals surface area contributed by atoms with Gasteiger partial charge >= 0.3 is 0 Å². The molecule has 32 heavy (non-hydrogen) atoms. The normalized spacial score (nSPS) is 11.5. The second kappa shape index (κ2) is 9.18. The third-order valence-electron chi connectivity index (χ3n) is 5.03. The number of nitrogens with one attached hydrogen (secondary N) is 1. The summed E-state index contributed by atoms with van der Waals surface area (Å²) in [4.78, 5) is 27.8. The van der Waals surface area contributed by atoms with Gasteiger partial charge in [0, 0.05) is 29.2 Å². The summed E-state index contributed by atoms with van der Waals surface area (Å²) in [5.41, 5.74) is 8.19. The molecule has 3 N–H and O–H groups in total. The Hall–Kier alpha value is -4.39. The molecule has 1 aromatic heterocycles. The quantitative estimate of drug-likeness (QED) is 0.461. The number of ether oxygens (including phenoxy) is 1. The zero-order valence-electron chi connectivity index (χ0n) is 17.4. The number of aromatic nitrogens is 2. The lowest BCUT2D eigenvalue weighted by Crippen LogP contribution is -2.26. The molecule has 0 bridgehead atoms. The van der Waals surface area contributed by atoms with E-state index in [1.807, 2.05) is 42.0 Å². The van der Waals surface area contributed by atoms with Crippen molar-refractivity contribution in [1.29, 1.82) is 0 Å². The largest absolute Gasteiger partial charge is 0.457 e. The lowest BCUT2D eigenvalue weighted by atomic mass is 10.1. The summed E-state index contributed by atoms with van der Waals surface area (Å²) in [6, 6.07) is 21.2. The van der Waals surface area contributed by atoms with Crippen molar-refractivity contribution >= 4 is 11.8 Å². The molecule has 3 aromatic carbocycles. The fourth-order valence-corrected chi connectivity index (χ4v) is 3.21. The average molecular weight is 426 g/mol. The number of rotatable bonds is 7. The van der Waals surface area contributed by atoms with Crippen LogP contribution in [0.3, 0.4) is 0 Å². The highest BCUT2D eigenvalue weighted by Gasteiger charge is 2.12. The minimum Gasteiger partial charge on any atom is -0.457 e. The molecule has 1 unspecified atom stereocenters. The number of hydrogen-bond acceptors (Lipinski definition) is 4. The molecule has 160 valence electrons. The molecule has 4 aromatic rings. The van der Waals surface area contributed by atoms with E-state index >= 15 is 0 Å². The molecule has 0 spiro atoms. The second-order valence-electron chi connectivity index (χ2n) is 7.27. The van der Waals surface area contributed by atoms with Gasteiger partial charge < -0.3 is 20.4 Å². The van der Waals surface area contributed by atoms with Crippen LogP contribution in [0.2, 0.25) is 0 Å². The minimum atomic E-state index is -0.490. The summed E-state index contributed by atoms with van der Waals surface area (Å²) in [6.45, 7) is 1.94. The number of carbonyl (C=O) groups is 2. The molecule has 7 nitrogen and oxygen atoms in total. The standard InChI is InChI=1S/C25H22N4O3/c1-17(18-2-8-21(9-3-18)29-15-14-27-16-29)28-25(31)20-6-12-23(13-7-20)32-22-10-4-19(5-11-22)24(26)30/h2-17H,1H3,(H2,26,30)(H,28,31). The SMILES string of the molecule is CC(NC(=O)c1ccc(Oc2ccc(C(N)=O)cc2)cc1)c1ccc(-n2ccnc2)cc1. The molecule has 0 aliphatic carbocycles. The summed E-state index contributed by atoms with van der Waals surface area (Å²) in [5.74, 6) is 0.486. The van der Waals surface area contributed by atoms with Gasteiger partial charge in [0.2, 0.25) is 5.91 Å². The number of hydrogen-bond donors (Lipinski definition) is 2. The van der Waals surface area contributed by atoms with Crippen molar-refractivity contribution < 1.29 is 14.3 Å². The molecular formula is C25H22N4O3. The first-order chi connectivity index (χ1) is 15.5. The van der Waals surface area contributed by atoms with E-state index < -0.39 is 5.91 Å². The summed E-state index contributed by atoms with van der Waals surface area (Å²) < 4.78 is 7.67. The fourth-order valence-electron chi connectivity index (χ4n) is 3.21. The topological polar surface area (TPSA) is 99.2 Å². The van der Waals surface area contributed by atoms with Crippen molar-refractivity contribution in [2.45, 2.75) is 13.0 Å². The van der Waals surface area contributed by atoms with Gasteiger partial charge in [-0.2, -0.15) is 0 Å². The van der Waals surface area contributed by atoms with Crippen molar-refractivity contribution in [2.75, 3.05) is 0 Å². The number of carbonyl (C=O) groups excluding carboxylic acids is 2. The van der Waals surface area contributed by atoms with E-state index in [9.17, 15) is 9.59 Å². The fraction of sp³-hybridized carbons (Fsp3) is 0.0800. The number of nitrogens with zero attached hydrogens (tertiary/aromatic N) is 2. The van der Waals surface area contributed by atoms with E-state index in [2.05, 4.69) is 10.3 Å². The predicted octanol–water partition coefficient (Wildman–Crippen LogP) is 4.25. The third kappa shape index (κ3) is 4.84. The monoisotopic (exact) mass is 426 g/mol. The Kier molecular flexibility index (Phi) is 5.98. The smallest absolute Gasteiger partial charge is 0.251 e. The Morgan fingerprint density at radius 3 is 2.03 bits per heavy atom. The first kappa shape index (κ1) is 20.9. The number of nitrogens with two attached hydrogens (primary N) is 1. The highest BCUT2D eigenvalue weighted by Crippen LogP contribution is 2.23. The predicted molar refractivity (Wildman–Crippen MR) is 121 cm³/mol. The second-order valence-corrected chi connectivity index (χ2v) is 7.27. The summed E-state index contributed by atoms with van der Waals surface area (Å²) in [7, 11) is 0. The summed E-state index contributed by atoms with van der Waals surface area (Å²) in [5, 5.41) is 3.01. The highest BCUT2D eigenvalue weighted by atomic mass is 16.5. The van der Waals surface area contributed by atoms with E-state index in [1.165, 1.54) is 0 Å². The molecule has 7 heteroatoms. The van der Waals surface area contributed by atoms with E-state index in [-0.39, 0.29) is 11.9 Å². The Bertz CT molecular complexity index is 1200. The zero-order chi connectivity index (χ0) is 22.5. The van der Waals surface area contributed by atoms with Crippen molar-refractivity contribution in [2.24, 2.45) is 5.73 Å². The van der Waals surface area contributed by atoms with E-state index in [0.717, 1.165) is 11.3 Å². The third-order valence-corrected chi connectivity index (χ3v) is 5.03. The Labute approximate surface area is 185 Å². The van der Waals surface area contributed by atoms with E-state index in [0.29, 0.717) is 22.6 Å². The van der Waals surface area contributed by atoms with Gasteiger partial charge in [-0.1, -0.05) is 12.1 Å². The van der Waals surface area contributed by atoms with Crippen LogP contribution >= 0.6 is 0 Å². The Morgan fingerprint density at radius 1 is 0.906 bits per heavy atom. The van der Waals surface area contributed by atoms with Gasteiger partial charge in [-0.25, -0.2) is 4.98 Å². The maximum absolute atomic E-state index is 12.6. The Morgan fingerprint density at radius 2 is 1.50 bits per heavy atom. The number of imidazole rings is 1. The van der Waals surface area contributed by atoms with Crippen molar-refractivity contribution in [3.63, 3.8) is 0 Å². The van der Waals surface area contributed by atoms with Crippen LogP contribution < -0.4 is 15.8 Å². The van der Waals surface area contributed by atoms with Crippen LogP contribution in [-0.2, 0) is 0 Å². The molecular weight excluding hydrogens is 404 g/mol. The van der Waals surface area contributed by atoms with Crippen LogP contribution in [0, 0.1) is 0 Å². The summed E-state index contributed by atoms with van der Waals surface area (Å²) >= 11 is 0. The average Bonchev–Trinajstić information content (AvgIpc) is 3.35. The maximum Gasteiger partial charge on any atom is 0.251 e. The van der Waals surface area contributed by atoms with Crippen molar-refractivity contribution in [1.82, 2.24) is 14.9 Å². The molecule has 0 saturated carbocycles. The van der Waals surface area contributed by atoms with E-state index in [4.69, 9.17) is 10.5 Å². The molecule has 0 radical (unpaired) electrons. The Balaban J connectivity index is 1.36. The van der Waals surface area contributed by atoms with Gasteiger partial charge in [0.15, 0.2) is 0 Å². The van der Waals surface area contributed by atoms with Gasteiger partial charge in [0.25, 0.3) is 5.91 Å². The molecule has 2 amide bonds.